The lowest BCUT2D eigenvalue weighted by Crippen LogP contribution is -1.91. The van der Waals surface area contributed by atoms with Gasteiger partial charge >= 0.3 is 0 Å². The van der Waals surface area contributed by atoms with Crippen molar-refractivity contribution in [2.45, 2.75) is 0 Å². The normalized spacial score (nSPS) is 10.8. The van der Waals surface area contributed by atoms with E-state index in [0.717, 1.165) is 5.52 Å². The number of halogens is 1. The number of aromatic nitrogens is 3. The van der Waals surface area contributed by atoms with E-state index in [2.05, 4.69) is 10.2 Å². The van der Waals surface area contributed by atoms with Gasteiger partial charge in [0.2, 0.25) is 0 Å². The van der Waals surface area contributed by atoms with E-state index >= 15 is 0 Å². The first-order chi connectivity index (χ1) is 5.68. The van der Waals surface area contributed by atoms with Crippen LogP contribution >= 0.6 is 11.6 Å². The van der Waals surface area contributed by atoms with Gasteiger partial charge in [0, 0.05) is 7.05 Å². The fourth-order valence-electron chi connectivity index (χ4n) is 1.08. The van der Waals surface area contributed by atoms with Crippen LogP contribution in [0.5, 0.6) is 0 Å². The molecule has 62 valence electrons. The second kappa shape index (κ2) is 2.35. The number of hydrogen-bond acceptors (Lipinski definition) is 3. The quantitative estimate of drug-likeness (QED) is 0.623. The highest BCUT2D eigenvalue weighted by atomic mass is 35.5. The molecule has 4 nitrogen and oxygen atoms in total. The van der Waals surface area contributed by atoms with Crippen molar-refractivity contribution in [1.82, 2.24) is 15.0 Å². The van der Waals surface area contributed by atoms with E-state index in [1.807, 2.05) is 0 Å². The first-order valence-corrected chi connectivity index (χ1v) is 3.81. The zero-order valence-electron chi connectivity index (χ0n) is 6.45. The van der Waals surface area contributed by atoms with Crippen LogP contribution in [0.4, 0.5) is 5.69 Å². The van der Waals surface area contributed by atoms with E-state index < -0.39 is 0 Å². The third-order valence-electron chi connectivity index (χ3n) is 1.64. The third-order valence-corrected chi connectivity index (χ3v) is 1.97. The van der Waals surface area contributed by atoms with E-state index in [1.54, 1.807) is 19.2 Å². The minimum absolute atomic E-state index is 0.488. The number of hydrogen-bond donors (Lipinski definition) is 1. The lowest BCUT2D eigenvalue weighted by atomic mass is 10.3. The fourth-order valence-corrected chi connectivity index (χ4v) is 1.23. The first kappa shape index (κ1) is 7.36. The van der Waals surface area contributed by atoms with E-state index in [-0.39, 0.29) is 0 Å². The molecule has 1 aromatic carbocycles. The van der Waals surface area contributed by atoms with Gasteiger partial charge in [-0.3, -0.25) is 0 Å². The molecular weight excluding hydrogens is 176 g/mol. The van der Waals surface area contributed by atoms with Crippen molar-refractivity contribution in [1.29, 1.82) is 0 Å². The Hall–Kier alpha value is -1.29. The summed E-state index contributed by atoms with van der Waals surface area (Å²) in [4.78, 5) is 1.47. The van der Waals surface area contributed by atoms with Crippen molar-refractivity contribution in [2.24, 2.45) is 7.05 Å². The Bertz CT molecular complexity index is 434. The van der Waals surface area contributed by atoms with Crippen molar-refractivity contribution in [3.05, 3.63) is 17.2 Å². The fraction of sp³-hybridized carbons (Fsp3) is 0.143. The van der Waals surface area contributed by atoms with Gasteiger partial charge in [0.1, 0.15) is 11.0 Å². The van der Waals surface area contributed by atoms with Gasteiger partial charge in [-0.2, -0.15) is 15.0 Å². The number of anilines is 1. The molecule has 0 unspecified atom stereocenters. The van der Waals surface area contributed by atoms with Gasteiger partial charge in [-0.15, -0.1) is 0 Å². The highest BCUT2D eigenvalue weighted by Gasteiger charge is 2.06. The number of nitrogens with zero attached hydrogens (tertiary/aromatic N) is 3. The van der Waals surface area contributed by atoms with Crippen molar-refractivity contribution in [2.75, 3.05) is 5.73 Å². The molecule has 2 aromatic rings. The second-order valence-electron chi connectivity index (χ2n) is 2.52. The molecule has 1 heterocycles. The maximum absolute atomic E-state index is 5.79. The molecule has 1 aromatic heterocycles. The maximum Gasteiger partial charge on any atom is 0.137 e. The molecule has 0 aliphatic rings. The Labute approximate surface area is 73.9 Å². The number of rotatable bonds is 0. The van der Waals surface area contributed by atoms with Crippen LogP contribution in [0.15, 0.2) is 12.1 Å². The van der Waals surface area contributed by atoms with Gasteiger partial charge < -0.3 is 5.73 Å². The molecule has 0 aliphatic carbocycles. The molecule has 0 amide bonds. The Morgan fingerprint density at radius 1 is 1.42 bits per heavy atom. The standard InChI is InChI=1S/C7H7ClN4/c1-12-10-5-3-2-4(8)6(9)7(5)11-12/h2-3H,9H2,1H3. The molecule has 0 saturated carbocycles. The van der Waals surface area contributed by atoms with Crippen molar-refractivity contribution in [3.8, 4) is 0 Å². The summed E-state index contributed by atoms with van der Waals surface area (Å²) < 4.78 is 0. The smallest absolute Gasteiger partial charge is 0.137 e. The highest BCUT2D eigenvalue weighted by molar-refractivity contribution is 6.34. The Kier molecular flexibility index (Phi) is 1.44. The Morgan fingerprint density at radius 3 is 2.92 bits per heavy atom. The van der Waals surface area contributed by atoms with Crippen LogP contribution in [-0.4, -0.2) is 15.0 Å². The molecular formula is C7H7ClN4. The lowest BCUT2D eigenvalue weighted by molar-refractivity contribution is 0.665. The molecule has 0 radical (unpaired) electrons. The third kappa shape index (κ3) is 0.921. The molecule has 0 aliphatic heterocycles. The van der Waals surface area contributed by atoms with Gasteiger partial charge in [0.05, 0.1) is 10.7 Å². The zero-order valence-corrected chi connectivity index (χ0v) is 7.21. The average Bonchev–Trinajstić information content (AvgIpc) is 2.39. The van der Waals surface area contributed by atoms with Crippen molar-refractivity contribution < 1.29 is 0 Å². The number of aryl methyl sites for hydroxylation is 1. The molecule has 0 saturated heterocycles. The molecule has 0 spiro atoms. The number of benzene rings is 1. The molecule has 0 fully saturated rings. The summed E-state index contributed by atoms with van der Waals surface area (Å²) in [5.74, 6) is 0. The van der Waals surface area contributed by atoms with Crippen LogP contribution in [-0.2, 0) is 7.05 Å². The topological polar surface area (TPSA) is 56.7 Å². The molecule has 2 N–H and O–H groups in total. The summed E-state index contributed by atoms with van der Waals surface area (Å²) >= 11 is 5.79. The summed E-state index contributed by atoms with van der Waals surface area (Å²) in [5.41, 5.74) is 7.59. The highest BCUT2D eigenvalue weighted by Crippen LogP contribution is 2.25. The monoisotopic (exact) mass is 182 g/mol. The zero-order chi connectivity index (χ0) is 8.72. The summed E-state index contributed by atoms with van der Waals surface area (Å²) in [6.45, 7) is 0. The Balaban J connectivity index is 2.89. The molecule has 0 bridgehead atoms. The SMILES string of the molecule is Cn1nc2ccc(Cl)c(N)c2n1. The van der Waals surface area contributed by atoms with Crippen LogP contribution in [0.25, 0.3) is 11.0 Å². The van der Waals surface area contributed by atoms with Gasteiger partial charge in [-0.25, -0.2) is 0 Å². The van der Waals surface area contributed by atoms with Crippen LogP contribution in [0.3, 0.4) is 0 Å². The van der Waals surface area contributed by atoms with E-state index in [4.69, 9.17) is 17.3 Å². The largest absolute Gasteiger partial charge is 0.396 e. The van der Waals surface area contributed by atoms with Crippen molar-refractivity contribution >= 4 is 28.3 Å². The predicted molar refractivity (Wildman–Crippen MR) is 47.9 cm³/mol. The van der Waals surface area contributed by atoms with E-state index in [1.165, 1.54) is 4.80 Å². The van der Waals surface area contributed by atoms with Gasteiger partial charge in [0.15, 0.2) is 0 Å². The van der Waals surface area contributed by atoms with Gasteiger partial charge in [0.25, 0.3) is 0 Å². The van der Waals surface area contributed by atoms with Crippen molar-refractivity contribution in [3.63, 3.8) is 0 Å². The lowest BCUT2D eigenvalue weighted by Gasteiger charge is -1.94. The minimum atomic E-state index is 0.488. The van der Waals surface area contributed by atoms with Crippen LogP contribution < -0.4 is 5.73 Å². The average molecular weight is 183 g/mol. The summed E-state index contributed by atoms with van der Waals surface area (Å²) in [6, 6.07) is 3.51. The molecule has 2 rings (SSSR count). The summed E-state index contributed by atoms with van der Waals surface area (Å²) in [7, 11) is 1.74. The maximum atomic E-state index is 5.79. The van der Waals surface area contributed by atoms with Crippen LogP contribution in [0.1, 0.15) is 0 Å². The number of nitrogens with two attached hydrogens (primary N) is 1. The van der Waals surface area contributed by atoms with Crippen LogP contribution in [0, 0.1) is 0 Å². The number of nitrogen functional groups attached to an aromatic ring is 1. The summed E-state index contributed by atoms with van der Waals surface area (Å²) in [6.07, 6.45) is 0. The van der Waals surface area contributed by atoms with Gasteiger partial charge in [-0.1, -0.05) is 11.6 Å². The Morgan fingerprint density at radius 2 is 2.17 bits per heavy atom. The first-order valence-electron chi connectivity index (χ1n) is 3.43. The van der Waals surface area contributed by atoms with Crippen LogP contribution in [0.2, 0.25) is 5.02 Å². The van der Waals surface area contributed by atoms with Gasteiger partial charge in [-0.05, 0) is 12.1 Å². The number of fused-ring (bicyclic) bond motifs is 1. The molecule has 12 heavy (non-hydrogen) atoms. The minimum Gasteiger partial charge on any atom is -0.396 e. The predicted octanol–water partition coefficient (Wildman–Crippen LogP) is 1.20. The van der Waals surface area contributed by atoms with E-state index in [9.17, 15) is 0 Å². The van der Waals surface area contributed by atoms with E-state index in [0.29, 0.717) is 16.2 Å². The summed E-state index contributed by atoms with van der Waals surface area (Å²) in [5, 5.41) is 8.67. The second-order valence-corrected chi connectivity index (χ2v) is 2.93. The molecule has 0 atom stereocenters. The molecule has 5 heteroatoms.